The van der Waals surface area contributed by atoms with E-state index in [-0.39, 0.29) is 11.4 Å². The highest BCUT2D eigenvalue weighted by atomic mass is 19.1. The molecule has 0 N–H and O–H groups in total. The normalized spacial score (nSPS) is 17.1. The molecule has 1 fully saturated rings. The molecule has 2 rings (SSSR count). The van der Waals surface area contributed by atoms with Crippen LogP contribution in [-0.4, -0.2) is 43.0 Å². The lowest BCUT2D eigenvalue weighted by Crippen LogP contribution is -2.56. The van der Waals surface area contributed by atoms with Crippen molar-refractivity contribution in [3.8, 4) is 6.07 Å². The summed E-state index contributed by atoms with van der Waals surface area (Å²) in [6.45, 7) is 1.52. The van der Waals surface area contributed by atoms with Crippen molar-refractivity contribution in [2.24, 2.45) is 0 Å². The summed E-state index contributed by atoms with van der Waals surface area (Å²) in [5, 5.41) is 8.76. The summed E-state index contributed by atoms with van der Waals surface area (Å²) < 4.78 is 13.9. The summed E-state index contributed by atoms with van der Waals surface area (Å²) in [4.78, 5) is 4.46. The van der Waals surface area contributed by atoms with Crippen LogP contribution in [-0.2, 0) is 6.54 Å². The average molecular weight is 275 g/mol. The van der Waals surface area contributed by atoms with Gasteiger partial charge in [-0.25, -0.2) is 4.39 Å². The van der Waals surface area contributed by atoms with E-state index in [9.17, 15) is 4.39 Å². The first-order valence-electron chi connectivity index (χ1n) is 7.01. The van der Waals surface area contributed by atoms with Crippen molar-refractivity contribution in [2.45, 2.75) is 31.3 Å². The van der Waals surface area contributed by atoms with Gasteiger partial charge in [-0.05, 0) is 52.5 Å². The van der Waals surface area contributed by atoms with E-state index in [0.717, 1.165) is 6.54 Å². The molecule has 0 spiro atoms. The number of nitrogens with zero attached hydrogens (tertiary/aromatic N) is 3. The predicted molar refractivity (Wildman–Crippen MR) is 77.7 cm³/mol. The van der Waals surface area contributed by atoms with Crippen molar-refractivity contribution in [2.75, 3.05) is 27.7 Å². The van der Waals surface area contributed by atoms with Gasteiger partial charge in [0.2, 0.25) is 0 Å². The zero-order valence-electron chi connectivity index (χ0n) is 12.5. The summed E-state index contributed by atoms with van der Waals surface area (Å²) in [5.41, 5.74) is 1.27. The van der Waals surface area contributed by atoms with Crippen molar-refractivity contribution in [3.05, 3.63) is 35.1 Å². The number of hydrogen-bond acceptors (Lipinski definition) is 3. The van der Waals surface area contributed by atoms with Crippen LogP contribution in [0.25, 0.3) is 0 Å². The van der Waals surface area contributed by atoms with Gasteiger partial charge in [0.15, 0.2) is 0 Å². The number of likely N-dealkylation sites (N-methyl/N-ethyl adjacent to an activating group) is 2. The van der Waals surface area contributed by atoms with Gasteiger partial charge in [0.25, 0.3) is 0 Å². The molecule has 0 heterocycles. The van der Waals surface area contributed by atoms with Crippen LogP contribution in [0.4, 0.5) is 4.39 Å². The van der Waals surface area contributed by atoms with Crippen molar-refractivity contribution < 1.29 is 4.39 Å². The third-order valence-electron chi connectivity index (χ3n) is 4.42. The SMILES string of the molecule is CN(Cc1ccc(C#N)cc1F)CC1(N(C)C)CCC1. The van der Waals surface area contributed by atoms with Crippen LogP contribution in [0, 0.1) is 17.1 Å². The maximum Gasteiger partial charge on any atom is 0.129 e. The fourth-order valence-electron chi connectivity index (χ4n) is 2.93. The zero-order valence-corrected chi connectivity index (χ0v) is 12.5. The topological polar surface area (TPSA) is 30.3 Å². The minimum absolute atomic E-state index is 0.248. The molecule has 1 aliphatic carbocycles. The molecular weight excluding hydrogens is 253 g/mol. The molecule has 0 amide bonds. The van der Waals surface area contributed by atoms with Crippen LogP contribution < -0.4 is 0 Å². The third kappa shape index (κ3) is 3.00. The molecule has 108 valence electrons. The molecule has 20 heavy (non-hydrogen) atoms. The molecular formula is C16H22FN3. The molecule has 1 aromatic rings. The van der Waals surface area contributed by atoms with Crippen LogP contribution in [0.5, 0.6) is 0 Å². The van der Waals surface area contributed by atoms with E-state index in [1.165, 1.54) is 25.3 Å². The molecule has 0 atom stereocenters. The van der Waals surface area contributed by atoms with E-state index in [0.29, 0.717) is 17.7 Å². The number of hydrogen-bond donors (Lipinski definition) is 0. The minimum Gasteiger partial charge on any atom is -0.302 e. The van der Waals surface area contributed by atoms with Gasteiger partial charge in [0, 0.05) is 24.2 Å². The first kappa shape index (κ1) is 15.0. The number of benzene rings is 1. The van der Waals surface area contributed by atoms with E-state index in [2.05, 4.69) is 23.9 Å². The van der Waals surface area contributed by atoms with Crippen molar-refractivity contribution in [1.82, 2.24) is 9.80 Å². The Balaban J connectivity index is 2.01. The van der Waals surface area contributed by atoms with Crippen LogP contribution in [0.3, 0.4) is 0 Å². The second kappa shape index (κ2) is 5.90. The Labute approximate surface area is 120 Å². The highest BCUT2D eigenvalue weighted by molar-refractivity contribution is 5.32. The van der Waals surface area contributed by atoms with Gasteiger partial charge in [-0.1, -0.05) is 6.07 Å². The summed E-state index contributed by atoms with van der Waals surface area (Å²) in [6.07, 6.45) is 3.69. The van der Waals surface area contributed by atoms with E-state index in [4.69, 9.17) is 5.26 Å². The lowest BCUT2D eigenvalue weighted by atomic mass is 9.75. The first-order chi connectivity index (χ1) is 9.47. The van der Waals surface area contributed by atoms with Gasteiger partial charge in [-0.15, -0.1) is 0 Å². The molecule has 0 aromatic heterocycles. The average Bonchev–Trinajstić information content (AvgIpc) is 2.35. The Morgan fingerprint density at radius 1 is 1.30 bits per heavy atom. The molecule has 0 aliphatic heterocycles. The maximum atomic E-state index is 13.9. The van der Waals surface area contributed by atoms with Gasteiger partial charge in [0.05, 0.1) is 11.6 Å². The van der Waals surface area contributed by atoms with Crippen molar-refractivity contribution >= 4 is 0 Å². The van der Waals surface area contributed by atoms with Crippen LogP contribution in [0.1, 0.15) is 30.4 Å². The monoisotopic (exact) mass is 275 g/mol. The van der Waals surface area contributed by atoms with Crippen molar-refractivity contribution in [3.63, 3.8) is 0 Å². The quantitative estimate of drug-likeness (QED) is 0.827. The Kier molecular flexibility index (Phi) is 4.42. The molecule has 4 heteroatoms. The zero-order chi connectivity index (χ0) is 14.8. The predicted octanol–water partition coefficient (Wildman–Crippen LogP) is 2.61. The summed E-state index contributed by atoms with van der Waals surface area (Å²) in [5.74, 6) is -0.289. The molecule has 0 radical (unpaired) electrons. The van der Waals surface area contributed by atoms with Crippen LogP contribution in [0.15, 0.2) is 18.2 Å². The Morgan fingerprint density at radius 2 is 2.00 bits per heavy atom. The summed E-state index contributed by atoms with van der Waals surface area (Å²) in [6, 6.07) is 6.67. The largest absolute Gasteiger partial charge is 0.302 e. The standard InChI is InChI=1S/C16H22FN3/c1-19(2)16(7-4-8-16)12-20(3)11-14-6-5-13(10-18)9-15(14)17/h5-6,9H,4,7-8,11-12H2,1-3H3. The number of nitriles is 1. The van der Waals surface area contributed by atoms with Gasteiger partial charge in [0.1, 0.15) is 5.82 Å². The Morgan fingerprint density at radius 3 is 2.45 bits per heavy atom. The maximum absolute atomic E-state index is 13.9. The fourth-order valence-corrected chi connectivity index (χ4v) is 2.93. The van der Waals surface area contributed by atoms with Crippen LogP contribution in [0.2, 0.25) is 0 Å². The van der Waals surface area contributed by atoms with E-state index >= 15 is 0 Å². The molecule has 1 saturated carbocycles. The second-order valence-electron chi connectivity index (χ2n) is 6.06. The molecule has 0 bridgehead atoms. The minimum atomic E-state index is -0.289. The number of rotatable bonds is 5. The fraction of sp³-hybridized carbons (Fsp3) is 0.562. The highest BCUT2D eigenvalue weighted by Crippen LogP contribution is 2.36. The molecule has 1 aliphatic rings. The van der Waals surface area contributed by atoms with Gasteiger partial charge in [-0.3, -0.25) is 0 Å². The Bertz CT molecular complexity index is 515. The Hall–Kier alpha value is -1.44. The lowest BCUT2D eigenvalue weighted by molar-refractivity contribution is 0.0256. The van der Waals surface area contributed by atoms with E-state index < -0.39 is 0 Å². The summed E-state index contributed by atoms with van der Waals surface area (Å²) in [7, 11) is 6.27. The second-order valence-corrected chi connectivity index (χ2v) is 6.06. The lowest BCUT2D eigenvalue weighted by Gasteiger charge is -2.49. The van der Waals surface area contributed by atoms with E-state index in [1.54, 1.807) is 12.1 Å². The smallest absolute Gasteiger partial charge is 0.129 e. The molecule has 3 nitrogen and oxygen atoms in total. The van der Waals surface area contributed by atoms with Gasteiger partial charge < -0.3 is 9.80 Å². The molecule has 0 saturated heterocycles. The molecule has 1 aromatic carbocycles. The highest BCUT2D eigenvalue weighted by Gasteiger charge is 2.39. The first-order valence-corrected chi connectivity index (χ1v) is 7.01. The van der Waals surface area contributed by atoms with Gasteiger partial charge in [-0.2, -0.15) is 5.26 Å². The van der Waals surface area contributed by atoms with Gasteiger partial charge >= 0.3 is 0 Å². The molecule has 0 unspecified atom stereocenters. The van der Waals surface area contributed by atoms with Crippen LogP contribution >= 0.6 is 0 Å². The van der Waals surface area contributed by atoms with E-state index in [1.807, 2.05) is 13.1 Å². The summed E-state index contributed by atoms with van der Waals surface area (Å²) >= 11 is 0. The third-order valence-corrected chi connectivity index (χ3v) is 4.42. The number of halogens is 1. The van der Waals surface area contributed by atoms with Crippen molar-refractivity contribution in [1.29, 1.82) is 5.26 Å².